The Hall–Kier alpha value is -0.0800. The van der Waals surface area contributed by atoms with Crippen LogP contribution in [0.4, 0.5) is 0 Å². The molecule has 2 aliphatic rings. The van der Waals surface area contributed by atoms with Crippen molar-refractivity contribution in [2.24, 2.45) is 5.92 Å². The van der Waals surface area contributed by atoms with Gasteiger partial charge in [0.15, 0.2) is 0 Å². The van der Waals surface area contributed by atoms with Crippen LogP contribution in [0.2, 0.25) is 0 Å². The zero-order valence-electron chi connectivity index (χ0n) is 10.6. The first-order chi connectivity index (χ1) is 7.74. The molecule has 2 nitrogen and oxygen atoms in total. The molecule has 1 saturated heterocycles. The molecule has 1 aliphatic carbocycles. The Morgan fingerprint density at radius 2 is 2.00 bits per heavy atom. The zero-order valence-corrected chi connectivity index (χ0v) is 10.6. The topological polar surface area (TPSA) is 29.5 Å². The lowest BCUT2D eigenvalue weighted by Crippen LogP contribution is -2.31. The van der Waals surface area contributed by atoms with E-state index in [1.807, 2.05) is 0 Å². The van der Waals surface area contributed by atoms with Crippen LogP contribution in [0.5, 0.6) is 0 Å². The van der Waals surface area contributed by atoms with Crippen molar-refractivity contribution in [3.63, 3.8) is 0 Å². The Labute approximate surface area is 99.4 Å². The maximum atomic E-state index is 9.01. The molecule has 2 rings (SSSR count). The largest absolute Gasteiger partial charge is 0.396 e. The van der Waals surface area contributed by atoms with Crippen molar-refractivity contribution in [1.29, 1.82) is 0 Å². The number of rotatable bonds is 4. The molecule has 1 N–H and O–H groups in total. The van der Waals surface area contributed by atoms with Crippen LogP contribution in [0.25, 0.3) is 0 Å². The molecule has 2 heteroatoms. The van der Waals surface area contributed by atoms with Gasteiger partial charge in [-0.15, -0.1) is 0 Å². The van der Waals surface area contributed by atoms with Crippen molar-refractivity contribution in [2.45, 2.75) is 76.4 Å². The smallest absolute Gasteiger partial charge is 0.0687 e. The van der Waals surface area contributed by atoms with E-state index in [1.165, 1.54) is 44.9 Å². The van der Waals surface area contributed by atoms with Crippen LogP contribution in [0.1, 0.15) is 64.7 Å². The van der Waals surface area contributed by atoms with Crippen molar-refractivity contribution in [3.8, 4) is 0 Å². The molecule has 0 radical (unpaired) electrons. The van der Waals surface area contributed by atoms with Crippen molar-refractivity contribution in [3.05, 3.63) is 0 Å². The molecule has 0 amide bonds. The summed E-state index contributed by atoms with van der Waals surface area (Å²) in [6.07, 6.45) is 12.0. The molecular formula is C14H26O2. The van der Waals surface area contributed by atoms with Gasteiger partial charge in [0, 0.05) is 6.61 Å². The van der Waals surface area contributed by atoms with Crippen molar-refractivity contribution in [1.82, 2.24) is 0 Å². The quantitative estimate of drug-likeness (QED) is 0.797. The van der Waals surface area contributed by atoms with Gasteiger partial charge in [-0.1, -0.05) is 26.2 Å². The summed E-state index contributed by atoms with van der Waals surface area (Å²) in [6, 6.07) is 0. The van der Waals surface area contributed by atoms with Crippen molar-refractivity contribution >= 4 is 0 Å². The van der Waals surface area contributed by atoms with Crippen molar-refractivity contribution < 1.29 is 9.84 Å². The summed E-state index contributed by atoms with van der Waals surface area (Å²) in [5.74, 6) is 0.437. The highest BCUT2D eigenvalue weighted by Crippen LogP contribution is 2.42. The van der Waals surface area contributed by atoms with Crippen LogP contribution in [-0.2, 0) is 4.74 Å². The summed E-state index contributed by atoms with van der Waals surface area (Å²) in [4.78, 5) is 0. The van der Waals surface area contributed by atoms with Gasteiger partial charge in [-0.25, -0.2) is 0 Å². The average molecular weight is 226 g/mol. The molecule has 1 heterocycles. The van der Waals surface area contributed by atoms with E-state index in [9.17, 15) is 0 Å². The highest BCUT2D eigenvalue weighted by atomic mass is 16.5. The third kappa shape index (κ3) is 2.98. The molecule has 0 aromatic heterocycles. The Morgan fingerprint density at radius 3 is 2.69 bits per heavy atom. The number of aliphatic hydroxyl groups excluding tert-OH is 1. The minimum Gasteiger partial charge on any atom is -0.396 e. The van der Waals surface area contributed by atoms with E-state index in [1.54, 1.807) is 0 Å². The number of ether oxygens (including phenoxy) is 1. The third-order valence-corrected chi connectivity index (χ3v) is 4.40. The Balaban J connectivity index is 1.74. The van der Waals surface area contributed by atoms with Crippen LogP contribution in [0, 0.1) is 5.92 Å². The summed E-state index contributed by atoms with van der Waals surface area (Å²) in [5, 5.41) is 9.01. The number of hydrogen-bond donors (Lipinski definition) is 1. The maximum absolute atomic E-state index is 9.01. The standard InChI is InChI=1S/C14H26O2/c1-12(11-15)5-6-13-7-10-14(16-13)8-3-2-4-9-14/h12-13,15H,2-11H2,1H3. The molecule has 1 aliphatic heterocycles. The highest BCUT2D eigenvalue weighted by molar-refractivity contribution is 4.91. The predicted molar refractivity (Wildman–Crippen MR) is 65.4 cm³/mol. The highest BCUT2D eigenvalue weighted by Gasteiger charge is 2.40. The average Bonchev–Trinajstić information content (AvgIpc) is 2.70. The summed E-state index contributed by atoms with van der Waals surface area (Å²) in [5.41, 5.74) is 0.269. The molecule has 2 unspecified atom stereocenters. The predicted octanol–water partition coefficient (Wildman–Crippen LogP) is 3.28. The molecule has 0 aromatic rings. The van der Waals surface area contributed by atoms with E-state index in [0.717, 1.165) is 12.8 Å². The second kappa shape index (κ2) is 5.50. The fraction of sp³-hybridized carbons (Fsp3) is 1.00. The van der Waals surface area contributed by atoms with E-state index in [0.29, 0.717) is 18.6 Å². The lowest BCUT2D eigenvalue weighted by molar-refractivity contribution is -0.0671. The van der Waals surface area contributed by atoms with Gasteiger partial charge in [0.1, 0.15) is 0 Å². The maximum Gasteiger partial charge on any atom is 0.0687 e. The van der Waals surface area contributed by atoms with E-state index in [4.69, 9.17) is 9.84 Å². The molecule has 0 aromatic carbocycles. The number of hydrogen-bond acceptors (Lipinski definition) is 2. The first-order valence-electron chi connectivity index (χ1n) is 7.03. The van der Waals surface area contributed by atoms with Crippen LogP contribution in [0.3, 0.4) is 0 Å². The minimum absolute atomic E-state index is 0.269. The molecule has 1 saturated carbocycles. The third-order valence-electron chi connectivity index (χ3n) is 4.40. The Bertz CT molecular complexity index is 209. The zero-order chi connectivity index (χ0) is 11.4. The van der Waals surface area contributed by atoms with Gasteiger partial charge in [0.2, 0.25) is 0 Å². The summed E-state index contributed by atoms with van der Waals surface area (Å²) in [7, 11) is 0. The fourth-order valence-corrected chi connectivity index (χ4v) is 3.22. The summed E-state index contributed by atoms with van der Waals surface area (Å²) in [6.45, 7) is 2.43. The normalized spacial score (nSPS) is 30.8. The molecular weight excluding hydrogens is 200 g/mol. The van der Waals surface area contributed by atoms with Crippen LogP contribution >= 0.6 is 0 Å². The van der Waals surface area contributed by atoms with Gasteiger partial charge in [0.05, 0.1) is 11.7 Å². The van der Waals surface area contributed by atoms with E-state index in [-0.39, 0.29) is 5.60 Å². The summed E-state index contributed by atoms with van der Waals surface area (Å²) >= 11 is 0. The molecule has 16 heavy (non-hydrogen) atoms. The van der Waals surface area contributed by atoms with Gasteiger partial charge >= 0.3 is 0 Å². The lowest BCUT2D eigenvalue weighted by Gasteiger charge is -2.33. The van der Waals surface area contributed by atoms with Crippen LogP contribution in [0.15, 0.2) is 0 Å². The Kier molecular flexibility index (Phi) is 4.26. The molecule has 0 bridgehead atoms. The van der Waals surface area contributed by atoms with E-state index < -0.39 is 0 Å². The molecule has 94 valence electrons. The van der Waals surface area contributed by atoms with Gasteiger partial charge in [-0.2, -0.15) is 0 Å². The van der Waals surface area contributed by atoms with Crippen LogP contribution in [-0.4, -0.2) is 23.4 Å². The van der Waals surface area contributed by atoms with Gasteiger partial charge in [-0.3, -0.25) is 0 Å². The monoisotopic (exact) mass is 226 g/mol. The fourth-order valence-electron chi connectivity index (χ4n) is 3.22. The second-order valence-corrected chi connectivity index (χ2v) is 5.89. The molecule has 2 atom stereocenters. The second-order valence-electron chi connectivity index (χ2n) is 5.89. The molecule has 1 spiro atoms. The van der Waals surface area contributed by atoms with Crippen LogP contribution < -0.4 is 0 Å². The minimum atomic E-state index is 0.269. The summed E-state index contributed by atoms with van der Waals surface area (Å²) < 4.78 is 6.30. The van der Waals surface area contributed by atoms with Gasteiger partial charge < -0.3 is 9.84 Å². The van der Waals surface area contributed by atoms with Gasteiger partial charge in [-0.05, 0) is 44.4 Å². The number of aliphatic hydroxyl groups is 1. The first-order valence-corrected chi connectivity index (χ1v) is 7.03. The first kappa shape index (κ1) is 12.4. The Morgan fingerprint density at radius 1 is 1.25 bits per heavy atom. The van der Waals surface area contributed by atoms with Crippen molar-refractivity contribution in [2.75, 3.05) is 6.61 Å². The lowest BCUT2D eigenvalue weighted by atomic mass is 9.83. The SMILES string of the molecule is CC(CO)CCC1CCC2(CCCCC2)O1. The van der Waals surface area contributed by atoms with E-state index in [2.05, 4.69) is 6.92 Å². The van der Waals surface area contributed by atoms with Gasteiger partial charge in [0.25, 0.3) is 0 Å². The molecule has 2 fully saturated rings. The van der Waals surface area contributed by atoms with E-state index >= 15 is 0 Å².